The maximum Gasteiger partial charge on any atom is 0.258 e. The first-order valence-corrected chi connectivity index (χ1v) is 6.03. The number of aryl methyl sites for hydroxylation is 1. The number of carbonyl (C=O) groups is 1. The molecule has 1 rings (SSSR count). The second kappa shape index (κ2) is 6.28. The molecule has 1 amide bonds. The maximum atomic E-state index is 11.5. The summed E-state index contributed by atoms with van der Waals surface area (Å²) in [6.45, 7) is 8.12. The van der Waals surface area contributed by atoms with Crippen molar-refractivity contribution in [3.05, 3.63) is 29.3 Å². The van der Waals surface area contributed by atoms with Crippen LogP contribution in [-0.4, -0.2) is 18.6 Å². The summed E-state index contributed by atoms with van der Waals surface area (Å²) in [5.74, 6) is 0.713. The standard InChI is InChI=1S/C14H21NO2/c1-5-11(3)15-14(16)9-17-13-8-6-7-10(2)12(13)4/h6-8,11H,5,9H2,1-4H3,(H,15,16). The lowest BCUT2D eigenvalue weighted by molar-refractivity contribution is -0.123. The number of rotatable bonds is 5. The summed E-state index contributed by atoms with van der Waals surface area (Å²) in [5.41, 5.74) is 2.26. The van der Waals surface area contributed by atoms with Gasteiger partial charge in [0.25, 0.3) is 5.91 Å². The molecular formula is C14H21NO2. The molecule has 3 heteroatoms. The van der Waals surface area contributed by atoms with Crippen LogP contribution in [0.25, 0.3) is 0 Å². The van der Waals surface area contributed by atoms with Crippen LogP contribution in [0.3, 0.4) is 0 Å². The first-order valence-electron chi connectivity index (χ1n) is 6.03. The Morgan fingerprint density at radius 3 is 2.76 bits per heavy atom. The minimum Gasteiger partial charge on any atom is -0.483 e. The first kappa shape index (κ1) is 13.6. The first-order chi connectivity index (χ1) is 8.04. The largest absolute Gasteiger partial charge is 0.483 e. The monoisotopic (exact) mass is 235 g/mol. The fourth-order valence-electron chi connectivity index (χ4n) is 1.44. The molecule has 0 saturated carbocycles. The molecule has 1 aromatic carbocycles. The van der Waals surface area contributed by atoms with Crippen molar-refractivity contribution in [2.75, 3.05) is 6.61 Å². The third-order valence-electron chi connectivity index (χ3n) is 2.93. The van der Waals surface area contributed by atoms with Crippen molar-refractivity contribution in [3.63, 3.8) is 0 Å². The van der Waals surface area contributed by atoms with Gasteiger partial charge < -0.3 is 10.1 Å². The molecule has 3 nitrogen and oxygen atoms in total. The van der Waals surface area contributed by atoms with Crippen LogP contribution in [0.4, 0.5) is 0 Å². The molecule has 0 fully saturated rings. The number of hydrogen-bond donors (Lipinski definition) is 1. The van der Waals surface area contributed by atoms with Crippen LogP contribution in [0.2, 0.25) is 0 Å². The van der Waals surface area contributed by atoms with Crippen LogP contribution in [-0.2, 0) is 4.79 Å². The number of benzene rings is 1. The molecule has 1 unspecified atom stereocenters. The van der Waals surface area contributed by atoms with Crippen LogP contribution in [0.5, 0.6) is 5.75 Å². The Hall–Kier alpha value is -1.51. The Balaban J connectivity index is 2.50. The predicted octanol–water partition coefficient (Wildman–Crippen LogP) is 2.60. The van der Waals surface area contributed by atoms with Crippen LogP contribution in [0.1, 0.15) is 31.4 Å². The number of hydrogen-bond acceptors (Lipinski definition) is 2. The minimum atomic E-state index is -0.0692. The third kappa shape index (κ3) is 4.10. The Labute approximate surface area is 103 Å². The van der Waals surface area contributed by atoms with Crippen molar-refractivity contribution in [2.45, 2.75) is 40.2 Å². The van der Waals surface area contributed by atoms with Crippen LogP contribution in [0, 0.1) is 13.8 Å². The summed E-state index contributed by atoms with van der Waals surface area (Å²) in [7, 11) is 0. The molecule has 0 aliphatic rings. The Bertz CT molecular complexity index is 388. The highest BCUT2D eigenvalue weighted by Gasteiger charge is 2.07. The van der Waals surface area contributed by atoms with E-state index in [9.17, 15) is 4.79 Å². The fourth-order valence-corrected chi connectivity index (χ4v) is 1.44. The van der Waals surface area contributed by atoms with Crippen molar-refractivity contribution in [2.24, 2.45) is 0 Å². The van der Waals surface area contributed by atoms with Crippen molar-refractivity contribution >= 4 is 5.91 Å². The smallest absolute Gasteiger partial charge is 0.258 e. The molecule has 0 aromatic heterocycles. The predicted molar refractivity (Wildman–Crippen MR) is 69.3 cm³/mol. The fraction of sp³-hybridized carbons (Fsp3) is 0.500. The van der Waals surface area contributed by atoms with Gasteiger partial charge in [-0.05, 0) is 44.4 Å². The van der Waals surface area contributed by atoms with E-state index < -0.39 is 0 Å². The van der Waals surface area contributed by atoms with E-state index in [1.165, 1.54) is 5.56 Å². The van der Waals surface area contributed by atoms with Gasteiger partial charge in [-0.25, -0.2) is 0 Å². The summed E-state index contributed by atoms with van der Waals surface area (Å²) in [6, 6.07) is 6.05. The lowest BCUT2D eigenvalue weighted by Crippen LogP contribution is -2.35. The summed E-state index contributed by atoms with van der Waals surface area (Å²) >= 11 is 0. The average Bonchev–Trinajstić information content (AvgIpc) is 2.31. The molecule has 1 aromatic rings. The van der Waals surface area contributed by atoms with E-state index >= 15 is 0 Å². The van der Waals surface area contributed by atoms with Gasteiger partial charge in [-0.3, -0.25) is 4.79 Å². The Kier molecular flexibility index (Phi) is 5.01. The Morgan fingerprint density at radius 2 is 2.12 bits per heavy atom. The van der Waals surface area contributed by atoms with E-state index in [0.29, 0.717) is 0 Å². The van der Waals surface area contributed by atoms with E-state index in [1.807, 2.05) is 45.9 Å². The van der Waals surface area contributed by atoms with E-state index in [1.54, 1.807) is 0 Å². The van der Waals surface area contributed by atoms with Crippen molar-refractivity contribution in [3.8, 4) is 5.75 Å². The molecule has 0 radical (unpaired) electrons. The zero-order valence-corrected chi connectivity index (χ0v) is 11.0. The van der Waals surface area contributed by atoms with Gasteiger partial charge in [-0.15, -0.1) is 0 Å². The lowest BCUT2D eigenvalue weighted by atomic mass is 10.1. The van der Waals surface area contributed by atoms with E-state index in [-0.39, 0.29) is 18.6 Å². The molecule has 0 saturated heterocycles. The maximum absolute atomic E-state index is 11.5. The number of carbonyl (C=O) groups excluding carboxylic acids is 1. The van der Waals surface area contributed by atoms with Gasteiger partial charge in [0, 0.05) is 6.04 Å². The number of nitrogens with one attached hydrogen (secondary N) is 1. The number of ether oxygens (including phenoxy) is 1. The highest BCUT2D eigenvalue weighted by atomic mass is 16.5. The zero-order valence-electron chi connectivity index (χ0n) is 11.0. The van der Waals surface area contributed by atoms with Crippen molar-refractivity contribution in [1.29, 1.82) is 0 Å². The van der Waals surface area contributed by atoms with Crippen molar-refractivity contribution < 1.29 is 9.53 Å². The summed E-state index contributed by atoms with van der Waals surface area (Å²) in [5, 5.41) is 2.87. The topological polar surface area (TPSA) is 38.3 Å². The van der Waals surface area contributed by atoms with Gasteiger partial charge in [-0.1, -0.05) is 19.1 Å². The molecule has 1 N–H and O–H groups in total. The average molecular weight is 235 g/mol. The van der Waals surface area contributed by atoms with Gasteiger partial charge in [0.2, 0.25) is 0 Å². The van der Waals surface area contributed by atoms with Gasteiger partial charge in [0.1, 0.15) is 5.75 Å². The van der Waals surface area contributed by atoms with Gasteiger partial charge in [0.15, 0.2) is 6.61 Å². The normalized spacial score (nSPS) is 12.0. The molecule has 0 spiro atoms. The van der Waals surface area contributed by atoms with Crippen LogP contribution in [0.15, 0.2) is 18.2 Å². The molecule has 0 aliphatic carbocycles. The summed E-state index contributed by atoms with van der Waals surface area (Å²) < 4.78 is 5.51. The quantitative estimate of drug-likeness (QED) is 0.852. The highest BCUT2D eigenvalue weighted by molar-refractivity contribution is 5.77. The van der Waals surface area contributed by atoms with E-state index in [4.69, 9.17) is 4.74 Å². The lowest BCUT2D eigenvalue weighted by Gasteiger charge is -2.13. The molecule has 0 bridgehead atoms. The van der Waals surface area contributed by atoms with Crippen LogP contribution >= 0.6 is 0 Å². The van der Waals surface area contributed by atoms with Gasteiger partial charge >= 0.3 is 0 Å². The van der Waals surface area contributed by atoms with E-state index in [0.717, 1.165) is 17.7 Å². The molecular weight excluding hydrogens is 214 g/mol. The molecule has 17 heavy (non-hydrogen) atoms. The number of amides is 1. The second-order valence-corrected chi connectivity index (χ2v) is 4.36. The Morgan fingerprint density at radius 1 is 1.41 bits per heavy atom. The minimum absolute atomic E-state index is 0.0692. The second-order valence-electron chi connectivity index (χ2n) is 4.36. The zero-order chi connectivity index (χ0) is 12.8. The summed E-state index contributed by atoms with van der Waals surface area (Å²) in [4.78, 5) is 11.5. The van der Waals surface area contributed by atoms with E-state index in [2.05, 4.69) is 5.32 Å². The van der Waals surface area contributed by atoms with Gasteiger partial charge in [-0.2, -0.15) is 0 Å². The van der Waals surface area contributed by atoms with Crippen molar-refractivity contribution in [1.82, 2.24) is 5.32 Å². The SMILES string of the molecule is CCC(C)NC(=O)COc1cccc(C)c1C. The third-order valence-corrected chi connectivity index (χ3v) is 2.93. The molecule has 94 valence electrons. The molecule has 0 aliphatic heterocycles. The highest BCUT2D eigenvalue weighted by Crippen LogP contribution is 2.20. The van der Waals surface area contributed by atoms with Gasteiger partial charge in [0.05, 0.1) is 0 Å². The molecule has 0 heterocycles. The summed E-state index contributed by atoms with van der Waals surface area (Å²) in [6.07, 6.45) is 0.926. The molecule has 1 atom stereocenters. The van der Waals surface area contributed by atoms with Crippen LogP contribution < -0.4 is 10.1 Å².